The van der Waals surface area contributed by atoms with Crippen molar-refractivity contribution in [2.45, 2.75) is 24.4 Å². The van der Waals surface area contributed by atoms with Crippen molar-refractivity contribution < 1.29 is 4.39 Å². The molecule has 0 fully saturated rings. The lowest BCUT2D eigenvalue weighted by atomic mass is 10.2. The van der Waals surface area contributed by atoms with E-state index in [1.54, 1.807) is 35.0 Å². The van der Waals surface area contributed by atoms with Gasteiger partial charge in [-0.15, -0.1) is 16.8 Å². The second kappa shape index (κ2) is 8.00. The number of allylic oxidation sites excluding steroid dienone is 1. The van der Waals surface area contributed by atoms with E-state index in [1.807, 2.05) is 19.1 Å². The van der Waals surface area contributed by atoms with Crippen molar-refractivity contribution in [1.82, 2.24) is 24.1 Å². The summed E-state index contributed by atoms with van der Waals surface area (Å²) in [7, 11) is 0. The van der Waals surface area contributed by atoms with Gasteiger partial charge in [0.1, 0.15) is 11.5 Å². The van der Waals surface area contributed by atoms with Crippen LogP contribution in [0.5, 0.6) is 0 Å². The molecule has 0 amide bonds. The third-order valence-corrected chi connectivity index (χ3v) is 5.43. The minimum Gasteiger partial charge on any atom is -0.298 e. The van der Waals surface area contributed by atoms with E-state index in [0.717, 1.165) is 5.56 Å². The number of hydrogen-bond donors (Lipinski definition) is 0. The third-order valence-electron chi connectivity index (χ3n) is 4.43. The lowest BCUT2D eigenvalue weighted by molar-refractivity contribution is 0.626. The normalized spacial score (nSPS) is 11.1. The van der Waals surface area contributed by atoms with Crippen molar-refractivity contribution in [1.29, 1.82) is 0 Å². The van der Waals surface area contributed by atoms with Gasteiger partial charge in [0.2, 0.25) is 0 Å². The molecule has 0 spiro atoms. The van der Waals surface area contributed by atoms with Crippen LogP contribution in [0.15, 0.2) is 71.3 Å². The second-order valence-corrected chi connectivity index (χ2v) is 7.39. The van der Waals surface area contributed by atoms with E-state index in [9.17, 15) is 9.18 Å². The molecule has 3 heterocycles. The van der Waals surface area contributed by atoms with Gasteiger partial charge in [-0.1, -0.05) is 36.0 Å². The Morgan fingerprint density at radius 1 is 1.21 bits per heavy atom. The number of aryl methyl sites for hydroxylation is 1. The van der Waals surface area contributed by atoms with E-state index in [4.69, 9.17) is 0 Å². The smallest absolute Gasteiger partial charge is 0.258 e. The van der Waals surface area contributed by atoms with Crippen LogP contribution in [0.3, 0.4) is 0 Å². The molecule has 0 saturated carbocycles. The molecule has 4 aromatic rings. The van der Waals surface area contributed by atoms with Crippen LogP contribution in [-0.2, 0) is 12.3 Å². The van der Waals surface area contributed by atoms with E-state index < -0.39 is 0 Å². The summed E-state index contributed by atoms with van der Waals surface area (Å²) in [5, 5.41) is 9.00. The molecule has 1 aromatic carbocycles. The van der Waals surface area contributed by atoms with E-state index >= 15 is 0 Å². The topological polar surface area (TPSA) is 65.1 Å². The molecule has 146 valence electrons. The molecule has 29 heavy (non-hydrogen) atoms. The monoisotopic (exact) mass is 407 g/mol. The van der Waals surface area contributed by atoms with Crippen LogP contribution in [0.25, 0.3) is 17.0 Å². The van der Waals surface area contributed by atoms with Gasteiger partial charge in [0.15, 0.2) is 11.0 Å². The van der Waals surface area contributed by atoms with Gasteiger partial charge in [0.05, 0.1) is 11.3 Å². The van der Waals surface area contributed by atoms with E-state index in [0.29, 0.717) is 40.2 Å². The fourth-order valence-corrected chi connectivity index (χ4v) is 3.89. The summed E-state index contributed by atoms with van der Waals surface area (Å²) in [4.78, 5) is 17.0. The van der Waals surface area contributed by atoms with Gasteiger partial charge in [-0.3, -0.25) is 13.8 Å². The maximum atomic E-state index is 14.2. The fraction of sp³-hybridized carbons (Fsp3) is 0.143. The van der Waals surface area contributed by atoms with Crippen molar-refractivity contribution in [2.75, 3.05) is 0 Å². The maximum Gasteiger partial charge on any atom is 0.258 e. The molecule has 0 aliphatic heterocycles. The first-order chi connectivity index (χ1) is 14.1. The van der Waals surface area contributed by atoms with Crippen LogP contribution in [0.1, 0.15) is 11.3 Å². The summed E-state index contributed by atoms with van der Waals surface area (Å²) in [6.45, 7) is 6.12. The zero-order valence-electron chi connectivity index (χ0n) is 15.7. The summed E-state index contributed by atoms with van der Waals surface area (Å²) >= 11 is 1.39. The first kappa shape index (κ1) is 19.1. The quantitative estimate of drug-likeness (QED) is 0.359. The van der Waals surface area contributed by atoms with Gasteiger partial charge in [-0.2, -0.15) is 0 Å². The molecule has 0 bridgehead atoms. The van der Waals surface area contributed by atoms with Gasteiger partial charge < -0.3 is 0 Å². The average Bonchev–Trinajstić information content (AvgIpc) is 3.10. The molecule has 4 rings (SSSR count). The lowest BCUT2D eigenvalue weighted by Crippen LogP contribution is -2.15. The molecule has 0 aliphatic rings. The SMILES string of the molecule is C=CCn1c(SCc2cc(=O)n3cccc(C)c3n2)nnc1-c1ccccc1F. The molecular weight excluding hydrogens is 389 g/mol. The molecule has 0 atom stereocenters. The predicted molar refractivity (Wildman–Crippen MR) is 111 cm³/mol. The zero-order valence-corrected chi connectivity index (χ0v) is 16.6. The molecule has 6 nitrogen and oxygen atoms in total. The number of nitrogens with zero attached hydrogens (tertiary/aromatic N) is 5. The first-order valence-electron chi connectivity index (χ1n) is 8.98. The van der Waals surface area contributed by atoms with Crippen LogP contribution in [0.4, 0.5) is 4.39 Å². The van der Waals surface area contributed by atoms with Gasteiger partial charge in [0.25, 0.3) is 5.56 Å². The largest absolute Gasteiger partial charge is 0.298 e. The van der Waals surface area contributed by atoms with E-state index in [1.165, 1.54) is 28.3 Å². The number of benzene rings is 1. The molecule has 0 aliphatic carbocycles. The Morgan fingerprint density at radius 3 is 2.83 bits per heavy atom. The standard InChI is InChI=1S/C21H18FN5OS/c1-3-10-27-20(16-8-4-5-9-17(16)22)24-25-21(27)29-13-15-12-18(28)26-11-6-7-14(2)19(26)23-15/h3-9,11-12H,1,10,13H2,2H3. The van der Waals surface area contributed by atoms with Crippen molar-refractivity contribution in [2.24, 2.45) is 0 Å². The third kappa shape index (κ3) is 3.71. The van der Waals surface area contributed by atoms with Crippen LogP contribution < -0.4 is 5.56 Å². The predicted octanol–water partition coefficient (Wildman–Crippen LogP) is 3.88. The van der Waals surface area contributed by atoms with Gasteiger partial charge in [-0.05, 0) is 30.7 Å². The minimum atomic E-state index is -0.360. The summed E-state index contributed by atoms with van der Waals surface area (Å²) in [6.07, 6.45) is 3.41. The highest BCUT2D eigenvalue weighted by Gasteiger charge is 2.17. The number of halogens is 1. The van der Waals surface area contributed by atoms with Crippen molar-refractivity contribution >= 4 is 17.4 Å². The minimum absolute atomic E-state index is 0.131. The van der Waals surface area contributed by atoms with Gasteiger partial charge >= 0.3 is 0 Å². The Bertz CT molecular complexity index is 1260. The van der Waals surface area contributed by atoms with Crippen molar-refractivity contribution in [3.05, 3.63) is 88.7 Å². The number of fused-ring (bicyclic) bond motifs is 1. The van der Waals surface area contributed by atoms with Crippen molar-refractivity contribution in [3.63, 3.8) is 0 Å². The average molecular weight is 407 g/mol. The molecule has 0 radical (unpaired) electrons. The molecule has 3 aromatic heterocycles. The van der Waals surface area contributed by atoms with Crippen molar-refractivity contribution in [3.8, 4) is 11.4 Å². The number of rotatable bonds is 6. The Kier molecular flexibility index (Phi) is 5.26. The number of pyridine rings is 1. The van der Waals surface area contributed by atoms with E-state index in [2.05, 4.69) is 21.8 Å². The zero-order chi connectivity index (χ0) is 20.4. The summed E-state index contributed by atoms with van der Waals surface area (Å²) in [6, 6.07) is 11.7. The highest BCUT2D eigenvalue weighted by molar-refractivity contribution is 7.98. The van der Waals surface area contributed by atoms with Gasteiger partial charge in [0, 0.05) is 24.6 Å². The van der Waals surface area contributed by atoms with Crippen LogP contribution in [-0.4, -0.2) is 24.1 Å². The molecule has 0 unspecified atom stereocenters. The summed E-state index contributed by atoms with van der Waals surface area (Å²) in [5.41, 5.74) is 2.46. The lowest BCUT2D eigenvalue weighted by Gasteiger charge is -2.09. The maximum absolute atomic E-state index is 14.2. The molecule has 8 heteroatoms. The molecular formula is C21H18FN5OS. The number of hydrogen-bond acceptors (Lipinski definition) is 5. The van der Waals surface area contributed by atoms with Crippen LogP contribution in [0, 0.1) is 12.7 Å². The Labute approximate surface area is 170 Å². The molecule has 0 saturated heterocycles. The number of thioether (sulfide) groups is 1. The summed E-state index contributed by atoms with van der Waals surface area (Å²) < 4.78 is 17.6. The number of aromatic nitrogens is 5. The Hall–Kier alpha value is -3.26. The second-order valence-electron chi connectivity index (χ2n) is 6.44. The van der Waals surface area contributed by atoms with Gasteiger partial charge in [-0.25, -0.2) is 9.37 Å². The highest BCUT2D eigenvalue weighted by atomic mass is 32.2. The van der Waals surface area contributed by atoms with Crippen LogP contribution >= 0.6 is 11.8 Å². The fourth-order valence-electron chi connectivity index (χ4n) is 3.05. The molecule has 0 N–H and O–H groups in total. The summed E-state index contributed by atoms with van der Waals surface area (Å²) in [5.74, 6) is 0.515. The Morgan fingerprint density at radius 2 is 2.03 bits per heavy atom. The van der Waals surface area contributed by atoms with E-state index in [-0.39, 0.29) is 11.4 Å². The Balaban J connectivity index is 1.66. The van der Waals surface area contributed by atoms with Crippen LogP contribution in [0.2, 0.25) is 0 Å². The first-order valence-corrected chi connectivity index (χ1v) is 9.96. The highest BCUT2D eigenvalue weighted by Crippen LogP contribution is 2.27.